The zero-order chi connectivity index (χ0) is 19.8. The highest BCUT2D eigenvalue weighted by Crippen LogP contribution is 2.21. The van der Waals surface area contributed by atoms with E-state index < -0.39 is 0 Å². The number of likely N-dealkylation sites (tertiary alicyclic amines) is 1. The molecule has 6 heteroatoms. The molecule has 0 aromatic heterocycles. The van der Waals surface area contributed by atoms with Crippen LogP contribution in [-0.2, 0) is 14.3 Å². The van der Waals surface area contributed by atoms with Crippen molar-refractivity contribution in [2.75, 3.05) is 25.0 Å². The van der Waals surface area contributed by atoms with Crippen LogP contribution in [0.15, 0.2) is 24.3 Å². The van der Waals surface area contributed by atoms with E-state index in [9.17, 15) is 14.4 Å². The van der Waals surface area contributed by atoms with Gasteiger partial charge in [-0.15, -0.1) is 0 Å². The van der Waals surface area contributed by atoms with Crippen molar-refractivity contribution in [2.24, 2.45) is 11.8 Å². The topological polar surface area (TPSA) is 75.7 Å². The summed E-state index contributed by atoms with van der Waals surface area (Å²) in [5.74, 6) is -0.342. The van der Waals surface area contributed by atoms with Gasteiger partial charge in [-0.25, -0.2) is 4.79 Å². The molecule has 2 amide bonds. The molecule has 1 N–H and O–H groups in total. The molecule has 27 heavy (non-hydrogen) atoms. The van der Waals surface area contributed by atoms with Crippen LogP contribution in [0.1, 0.15) is 56.8 Å². The fourth-order valence-electron chi connectivity index (χ4n) is 3.05. The minimum absolute atomic E-state index is 0.0115. The molecule has 1 heterocycles. The van der Waals surface area contributed by atoms with E-state index in [1.807, 2.05) is 25.7 Å². The van der Waals surface area contributed by atoms with Crippen molar-refractivity contribution in [2.45, 2.75) is 46.5 Å². The summed E-state index contributed by atoms with van der Waals surface area (Å²) in [6.45, 7) is 7.49. The Morgan fingerprint density at radius 1 is 1.15 bits per heavy atom. The van der Waals surface area contributed by atoms with E-state index in [0.29, 0.717) is 43.8 Å². The Morgan fingerprint density at radius 2 is 1.78 bits per heavy atom. The lowest BCUT2D eigenvalue weighted by Gasteiger charge is -2.32. The van der Waals surface area contributed by atoms with Gasteiger partial charge in [0.25, 0.3) is 0 Å². The summed E-state index contributed by atoms with van der Waals surface area (Å²) in [5, 5.41) is 2.90. The number of anilines is 1. The maximum atomic E-state index is 12.5. The molecule has 1 fully saturated rings. The number of benzene rings is 1. The smallest absolute Gasteiger partial charge is 0.338 e. The van der Waals surface area contributed by atoms with E-state index >= 15 is 0 Å². The second-order valence-corrected chi connectivity index (χ2v) is 7.31. The van der Waals surface area contributed by atoms with E-state index in [1.165, 1.54) is 0 Å². The SMILES string of the molecule is CCCCOC(=O)c1ccc(NC(=O)C2CCN(C(=O)C(C)C)CC2)cc1. The summed E-state index contributed by atoms with van der Waals surface area (Å²) >= 11 is 0. The molecule has 1 aromatic rings. The van der Waals surface area contributed by atoms with E-state index in [0.717, 1.165) is 12.8 Å². The molecule has 2 rings (SSSR count). The number of carbonyl (C=O) groups is 3. The summed E-state index contributed by atoms with van der Waals surface area (Å²) in [7, 11) is 0. The van der Waals surface area contributed by atoms with E-state index in [2.05, 4.69) is 5.32 Å². The van der Waals surface area contributed by atoms with Crippen molar-refractivity contribution in [3.63, 3.8) is 0 Å². The standard InChI is InChI=1S/C21H30N2O4/c1-4-5-14-27-21(26)17-6-8-18(9-7-17)22-19(24)16-10-12-23(13-11-16)20(25)15(2)3/h6-9,15-16H,4-5,10-14H2,1-3H3,(H,22,24). The highest BCUT2D eigenvalue weighted by Gasteiger charge is 2.28. The fraction of sp³-hybridized carbons (Fsp3) is 0.571. The van der Waals surface area contributed by atoms with Crippen LogP contribution in [0.25, 0.3) is 0 Å². The zero-order valence-electron chi connectivity index (χ0n) is 16.5. The molecule has 0 spiro atoms. The van der Waals surface area contributed by atoms with Gasteiger partial charge in [-0.2, -0.15) is 0 Å². The predicted molar refractivity (Wildman–Crippen MR) is 104 cm³/mol. The van der Waals surface area contributed by atoms with Gasteiger partial charge in [0.1, 0.15) is 0 Å². The number of esters is 1. The molecular weight excluding hydrogens is 344 g/mol. The maximum absolute atomic E-state index is 12.5. The highest BCUT2D eigenvalue weighted by atomic mass is 16.5. The van der Waals surface area contributed by atoms with Crippen molar-refractivity contribution < 1.29 is 19.1 Å². The molecule has 1 aliphatic rings. The Kier molecular flexibility index (Phi) is 7.82. The first-order chi connectivity index (χ1) is 12.9. The Labute approximate surface area is 161 Å². The summed E-state index contributed by atoms with van der Waals surface area (Å²) in [6, 6.07) is 6.75. The number of hydrogen-bond acceptors (Lipinski definition) is 4. The van der Waals surface area contributed by atoms with Gasteiger partial charge in [-0.05, 0) is 43.5 Å². The van der Waals surface area contributed by atoms with E-state index in [4.69, 9.17) is 4.74 Å². The fourth-order valence-corrected chi connectivity index (χ4v) is 3.05. The average molecular weight is 374 g/mol. The lowest BCUT2D eigenvalue weighted by atomic mass is 9.95. The van der Waals surface area contributed by atoms with Crippen LogP contribution in [-0.4, -0.2) is 42.4 Å². The number of nitrogens with zero attached hydrogens (tertiary/aromatic N) is 1. The quantitative estimate of drug-likeness (QED) is 0.586. The molecule has 0 atom stereocenters. The Morgan fingerprint density at radius 3 is 2.33 bits per heavy atom. The van der Waals surface area contributed by atoms with Crippen LogP contribution in [0.4, 0.5) is 5.69 Å². The third-order valence-corrected chi connectivity index (χ3v) is 4.79. The van der Waals surface area contributed by atoms with Gasteiger partial charge in [0, 0.05) is 30.6 Å². The first kappa shape index (κ1) is 20.9. The first-order valence-electron chi connectivity index (χ1n) is 9.79. The normalized spacial score (nSPS) is 14.9. The number of piperidine rings is 1. The molecular formula is C21H30N2O4. The molecule has 1 aromatic carbocycles. The van der Waals surface area contributed by atoms with Crippen molar-refractivity contribution in [1.29, 1.82) is 0 Å². The molecule has 0 unspecified atom stereocenters. The monoisotopic (exact) mass is 374 g/mol. The van der Waals surface area contributed by atoms with Gasteiger partial charge in [-0.3, -0.25) is 9.59 Å². The largest absolute Gasteiger partial charge is 0.462 e. The lowest BCUT2D eigenvalue weighted by molar-refractivity contribution is -0.137. The van der Waals surface area contributed by atoms with Gasteiger partial charge >= 0.3 is 5.97 Å². The first-order valence-corrected chi connectivity index (χ1v) is 9.79. The summed E-state index contributed by atoms with van der Waals surface area (Å²) in [4.78, 5) is 38.2. The maximum Gasteiger partial charge on any atom is 0.338 e. The van der Waals surface area contributed by atoms with Crippen LogP contribution in [0, 0.1) is 11.8 Å². The van der Waals surface area contributed by atoms with Gasteiger partial charge in [0.05, 0.1) is 12.2 Å². The summed E-state index contributed by atoms with van der Waals surface area (Å²) in [5.41, 5.74) is 1.13. The summed E-state index contributed by atoms with van der Waals surface area (Å²) in [6.07, 6.45) is 3.17. The Hall–Kier alpha value is -2.37. The van der Waals surface area contributed by atoms with Gasteiger partial charge in [0.2, 0.25) is 11.8 Å². The molecule has 1 saturated heterocycles. The van der Waals surface area contributed by atoms with Crippen molar-refractivity contribution >= 4 is 23.5 Å². The van der Waals surface area contributed by atoms with E-state index in [1.54, 1.807) is 24.3 Å². The van der Waals surface area contributed by atoms with Crippen molar-refractivity contribution in [1.82, 2.24) is 4.90 Å². The average Bonchev–Trinajstić information content (AvgIpc) is 2.68. The van der Waals surface area contributed by atoms with Crippen LogP contribution in [0.3, 0.4) is 0 Å². The number of ether oxygens (including phenoxy) is 1. The molecule has 0 aliphatic carbocycles. The second-order valence-electron chi connectivity index (χ2n) is 7.31. The number of amides is 2. The van der Waals surface area contributed by atoms with Crippen LogP contribution in [0.5, 0.6) is 0 Å². The Bertz CT molecular complexity index is 647. The number of hydrogen-bond donors (Lipinski definition) is 1. The third-order valence-electron chi connectivity index (χ3n) is 4.79. The zero-order valence-corrected chi connectivity index (χ0v) is 16.5. The minimum Gasteiger partial charge on any atom is -0.462 e. The number of rotatable bonds is 7. The van der Waals surface area contributed by atoms with Gasteiger partial charge in [0.15, 0.2) is 0 Å². The highest BCUT2D eigenvalue weighted by molar-refractivity contribution is 5.94. The molecule has 1 aliphatic heterocycles. The van der Waals surface area contributed by atoms with Crippen LogP contribution in [0.2, 0.25) is 0 Å². The van der Waals surface area contributed by atoms with Crippen LogP contribution >= 0.6 is 0 Å². The summed E-state index contributed by atoms with van der Waals surface area (Å²) < 4.78 is 5.17. The lowest BCUT2D eigenvalue weighted by Crippen LogP contribution is -2.43. The third kappa shape index (κ3) is 6.08. The minimum atomic E-state index is -0.344. The van der Waals surface area contributed by atoms with Crippen molar-refractivity contribution in [3.8, 4) is 0 Å². The molecule has 6 nitrogen and oxygen atoms in total. The molecule has 0 saturated carbocycles. The Balaban J connectivity index is 1.82. The van der Waals surface area contributed by atoms with Gasteiger partial charge < -0.3 is 15.0 Å². The van der Waals surface area contributed by atoms with Gasteiger partial charge in [-0.1, -0.05) is 27.2 Å². The number of carbonyl (C=O) groups excluding carboxylic acids is 3. The molecule has 148 valence electrons. The second kappa shape index (κ2) is 10.1. The number of unbranched alkanes of at least 4 members (excludes halogenated alkanes) is 1. The number of nitrogens with one attached hydrogen (secondary N) is 1. The molecule has 0 radical (unpaired) electrons. The predicted octanol–water partition coefficient (Wildman–Crippen LogP) is 3.48. The molecule has 0 bridgehead atoms. The van der Waals surface area contributed by atoms with E-state index in [-0.39, 0.29) is 29.6 Å². The van der Waals surface area contributed by atoms with Crippen LogP contribution < -0.4 is 5.32 Å². The van der Waals surface area contributed by atoms with Crippen molar-refractivity contribution in [3.05, 3.63) is 29.8 Å².